The molecule has 1 heterocycles. The number of nitrogens with zero attached hydrogens (tertiary/aromatic N) is 2. The van der Waals surface area contributed by atoms with E-state index in [1.807, 2.05) is 18.2 Å². The Bertz CT molecular complexity index is 795. The molecule has 1 saturated heterocycles. The first-order chi connectivity index (χ1) is 14.1. The Balaban J connectivity index is 1.45. The van der Waals surface area contributed by atoms with Crippen molar-refractivity contribution in [3.63, 3.8) is 0 Å². The van der Waals surface area contributed by atoms with Crippen LogP contribution in [-0.2, 0) is 0 Å². The lowest BCUT2D eigenvalue weighted by Crippen LogP contribution is -2.46. The van der Waals surface area contributed by atoms with Gasteiger partial charge in [-0.1, -0.05) is 24.3 Å². The van der Waals surface area contributed by atoms with Crippen LogP contribution in [0.4, 0.5) is 11.4 Å². The van der Waals surface area contributed by atoms with Crippen molar-refractivity contribution in [2.75, 3.05) is 50.1 Å². The van der Waals surface area contributed by atoms with Gasteiger partial charge in [0, 0.05) is 31.9 Å². The lowest BCUT2D eigenvalue weighted by molar-refractivity contribution is 0.154. The van der Waals surface area contributed by atoms with Crippen molar-refractivity contribution in [2.45, 2.75) is 18.9 Å². The molecule has 156 valence electrons. The van der Waals surface area contributed by atoms with Crippen molar-refractivity contribution in [3.8, 4) is 5.75 Å². The third kappa shape index (κ3) is 6.06. The highest BCUT2D eigenvalue weighted by Crippen LogP contribution is 2.29. The molecule has 0 radical (unpaired) electrons. The van der Waals surface area contributed by atoms with Gasteiger partial charge in [-0.05, 0) is 61.4 Å². The monoisotopic (exact) mass is 414 g/mol. The molecule has 0 aliphatic carbocycles. The maximum absolute atomic E-state index is 10.6. The number of aliphatic hydroxyl groups is 1. The van der Waals surface area contributed by atoms with Gasteiger partial charge in [-0.15, -0.1) is 0 Å². The number of rotatable bonds is 8. The number of nitrogens with one attached hydrogen (secondary N) is 1. The molecule has 0 bridgehead atoms. The molecule has 2 aromatic rings. The average molecular weight is 415 g/mol. The maximum atomic E-state index is 10.6. The van der Waals surface area contributed by atoms with E-state index in [2.05, 4.69) is 45.4 Å². The second-order valence-corrected chi connectivity index (χ2v) is 7.71. The fourth-order valence-corrected chi connectivity index (χ4v) is 3.82. The van der Waals surface area contributed by atoms with E-state index in [1.54, 1.807) is 7.11 Å². The van der Waals surface area contributed by atoms with Crippen LogP contribution in [0.15, 0.2) is 48.5 Å². The van der Waals surface area contributed by atoms with Gasteiger partial charge in [-0.2, -0.15) is 0 Å². The summed E-state index contributed by atoms with van der Waals surface area (Å²) in [6, 6.07) is 16.1. The fourth-order valence-electron chi connectivity index (χ4n) is 3.71. The van der Waals surface area contributed by atoms with Gasteiger partial charge in [-0.3, -0.25) is 4.90 Å². The van der Waals surface area contributed by atoms with Crippen LogP contribution in [0.25, 0.3) is 0 Å². The zero-order chi connectivity index (χ0) is 20.6. The number of benzene rings is 2. The number of methoxy groups -OCH3 is 1. The summed E-state index contributed by atoms with van der Waals surface area (Å²) in [5.74, 6) is 0.644. The van der Waals surface area contributed by atoms with Gasteiger partial charge in [0.2, 0.25) is 0 Å². The topological polar surface area (TPSA) is 74.0 Å². The number of para-hydroxylation sites is 1. The van der Waals surface area contributed by atoms with Crippen LogP contribution in [-0.4, -0.2) is 55.0 Å². The Morgan fingerprint density at radius 1 is 1.17 bits per heavy atom. The van der Waals surface area contributed by atoms with Crippen LogP contribution < -0.4 is 20.7 Å². The quantitative estimate of drug-likeness (QED) is 0.574. The number of hydrogen-bond donors (Lipinski definition) is 3. The molecular weight excluding hydrogens is 384 g/mol. The number of aliphatic hydroxyl groups excluding tert-OH is 1. The summed E-state index contributed by atoms with van der Waals surface area (Å²) in [6.07, 6.45) is 1.12. The number of hydrogen-bond acceptors (Lipinski definition) is 5. The first kappa shape index (κ1) is 21.4. The first-order valence-corrected chi connectivity index (χ1v) is 10.4. The molecule has 29 heavy (non-hydrogen) atoms. The molecule has 0 saturated carbocycles. The van der Waals surface area contributed by atoms with Crippen LogP contribution >= 0.6 is 12.2 Å². The van der Waals surface area contributed by atoms with Gasteiger partial charge in [0.05, 0.1) is 18.9 Å². The normalized spacial score (nSPS) is 15.7. The van der Waals surface area contributed by atoms with Crippen molar-refractivity contribution in [3.05, 3.63) is 54.1 Å². The minimum atomic E-state index is -0.529. The zero-order valence-corrected chi connectivity index (χ0v) is 17.7. The highest BCUT2D eigenvalue weighted by atomic mass is 32.1. The van der Waals surface area contributed by atoms with E-state index in [4.69, 9.17) is 22.7 Å². The van der Waals surface area contributed by atoms with E-state index in [-0.39, 0.29) is 5.11 Å². The molecule has 1 aliphatic heterocycles. The van der Waals surface area contributed by atoms with Gasteiger partial charge >= 0.3 is 0 Å². The fraction of sp³-hybridized carbons (Fsp3) is 0.409. The molecule has 0 aromatic heterocycles. The van der Waals surface area contributed by atoms with Crippen LogP contribution in [0.1, 0.15) is 24.5 Å². The predicted molar refractivity (Wildman–Crippen MR) is 123 cm³/mol. The summed E-state index contributed by atoms with van der Waals surface area (Å²) in [5.41, 5.74) is 8.38. The molecule has 4 N–H and O–H groups in total. The Labute approximate surface area is 178 Å². The van der Waals surface area contributed by atoms with Crippen molar-refractivity contribution >= 4 is 28.7 Å². The van der Waals surface area contributed by atoms with Crippen molar-refractivity contribution in [1.82, 2.24) is 4.90 Å². The van der Waals surface area contributed by atoms with Gasteiger partial charge in [-0.25, -0.2) is 0 Å². The largest absolute Gasteiger partial charge is 0.495 e. The van der Waals surface area contributed by atoms with Crippen molar-refractivity contribution < 1.29 is 9.84 Å². The third-order valence-electron chi connectivity index (χ3n) is 5.31. The van der Waals surface area contributed by atoms with E-state index in [9.17, 15) is 5.11 Å². The molecule has 7 heteroatoms. The molecule has 1 aliphatic rings. The highest BCUT2D eigenvalue weighted by Gasteiger charge is 2.17. The van der Waals surface area contributed by atoms with E-state index in [0.717, 1.165) is 44.7 Å². The average Bonchev–Trinajstić information content (AvgIpc) is 2.74. The molecule has 0 amide bonds. The summed E-state index contributed by atoms with van der Waals surface area (Å²) in [5, 5.41) is 13.7. The van der Waals surface area contributed by atoms with E-state index in [0.29, 0.717) is 17.9 Å². The van der Waals surface area contributed by atoms with Crippen molar-refractivity contribution in [1.29, 1.82) is 0 Å². The highest BCUT2D eigenvalue weighted by molar-refractivity contribution is 7.80. The number of nitrogens with two attached hydrogens (primary N) is 1. The van der Waals surface area contributed by atoms with Crippen LogP contribution in [0, 0.1) is 0 Å². The van der Waals surface area contributed by atoms with Crippen molar-refractivity contribution in [2.24, 2.45) is 5.73 Å². The second kappa shape index (κ2) is 10.4. The molecular formula is C22H30N4O2S. The van der Waals surface area contributed by atoms with Gasteiger partial charge < -0.3 is 25.8 Å². The summed E-state index contributed by atoms with van der Waals surface area (Å²) < 4.78 is 5.31. The Kier molecular flexibility index (Phi) is 7.69. The Morgan fingerprint density at radius 2 is 1.90 bits per heavy atom. The number of anilines is 2. The van der Waals surface area contributed by atoms with Crippen LogP contribution in [0.2, 0.25) is 0 Å². The van der Waals surface area contributed by atoms with E-state index in [1.165, 1.54) is 5.69 Å². The lowest BCUT2D eigenvalue weighted by Gasteiger charge is -2.36. The van der Waals surface area contributed by atoms with Crippen LogP contribution in [0.5, 0.6) is 5.75 Å². The number of ether oxygens (including phenoxy) is 1. The molecule has 1 unspecified atom stereocenters. The molecule has 1 atom stereocenters. The minimum absolute atomic E-state index is 0.171. The molecule has 6 nitrogen and oxygen atoms in total. The summed E-state index contributed by atoms with van der Waals surface area (Å²) in [6.45, 7) is 5.18. The minimum Gasteiger partial charge on any atom is -0.495 e. The van der Waals surface area contributed by atoms with Gasteiger partial charge in [0.15, 0.2) is 5.11 Å². The second-order valence-electron chi connectivity index (χ2n) is 7.27. The SMILES string of the molecule is COc1ccc(C(O)CCCN2CCN(c3ccccc3)CC2)cc1NC(N)=S. The summed E-state index contributed by atoms with van der Waals surface area (Å²) >= 11 is 4.92. The Hall–Kier alpha value is -2.35. The number of piperazine rings is 1. The third-order valence-corrected chi connectivity index (χ3v) is 5.41. The predicted octanol–water partition coefficient (Wildman–Crippen LogP) is 2.99. The van der Waals surface area contributed by atoms with E-state index < -0.39 is 6.10 Å². The first-order valence-electron chi connectivity index (χ1n) is 10.0. The smallest absolute Gasteiger partial charge is 0.168 e. The standard InChI is InChI=1S/C22H30N4O2S/c1-28-21-10-9-17(16-19(21)24-22(23)29)20(27)8-5-11-25-12-14-26(15-13-25)18-6-3-2-4-7-18/h2-4,6-7,9-10,16,20,27H,5,8,11-15H2,1H3,(H3,23,24,29). The molecule has 1 fully saturated rings. The summed E-state index contributed by atoms with van der Waals surface area (Å²) in [4.78, 5) is 4.90. The van der Waals surface area contributed by atoms with Gasteiger partial charge in [0.25, 0.3) is 0 Å². The molecule has 3 rings (SSSR count). The summed E-state index contributed by atoms with van der Waals surface area (Å²) in [7, 11) is 1.59. The van der Waals surface area contributed by atoms with E-state index >= 15 is 0 Å². The maximum Gasteiger partial charge on any atom is 0.168 e. The number of thiocarbonyl (C=S) groups is 1. The molecule has 2 aromatic carbocycles. The molecule has 0 spiro atoms. The van der Waals surface area contributed by atoms with Crippen LogP contribution in [0.3, 0.4) is 0 Å². The lowest BCUT2D eigenvalue weighted by atomic mass is 10.0. The Morgan fingerprint density at radius 3 is 2.55 bits per heavy atom. The van der Waals surface area contributed by atoms with Gasteiger partial charge in [0.1, 0.15) is 5.75 Å². The zero-order valence-electron chi connectivity index (χ0n) is 16.9.